The van der Waals surface area contributed by atoms with Crippen LogP contribution in [0.15, 0.2) is 11.4 Å². The maximum Gasteiger partial charge on any atom is 0.322 e. The van der Waals surface area contributed by atoms with Crippen LogP contribution in [0.1, 0.15) is 16.2 Å². The molecule has 1 amide bonds. The molecule has 0 bridgehead atoms. The third-order valence-electron chi connectivity index (χ3n) is 2.34. The molecule has 0 unspecified atom stereocenters. The van der Waals surface area contributed by atoms with Crippen molar-refractivity contribution < 1.29 is 19.8 Å². The summed E-state index contributed by atoms with van der Waals surface area (Å²) in [5.41, 5.74) is -0.0385. The van der Waals surface area contributed by atoms with Crippen LogP contribution in [0.25, 0.3) is 10.1 Å². The summed E-state index contributed by atoms with van der Waals surface area (Å²) in [5.74, 6) is 0.0476. The molecule has 6 nitrogen and oxygen atoms in total. The highest BCUT2D eigenvalue weighted by molar-refractivity contribution is 7.17. The first-order valence-corrected chi connectivity index (χ1v) is 5.99. The average Bonchev–Trinajstić information content (AvgIpc) is 2.86. The molecule has 7 heteroatoms. The lowest BCUT2D eigenvalue weighted by Gasteiger charge is -2.06. The Morgan fingerprint density at radius 2 is 2.26 bits per heavy atom. The molecule has 0 atom stereocenters. The normalized spacial score (nSPS) is 10.1. The number of thiophene rings is 1. The Hall–Kier alpha value is -2.59. The lowest BCUT2D eigenvalue weighted by atomic mass is 10.2. The van der Waals surface area contributed by atoms with E-state index in [4.69, 9.17) is 11.5 Å². The van der Waals surface area contributed by atoms with Gasteiger partial charge in [0.1, 0.15) is 12.2 Å². The minimum Gasteiger partial charge on any atom is -0.505 e. The summed E-state index contributed by atoms with van der Waals surface area (Å²) in [5, 5.41) is 22.7. The predicted octanol–water partition coefficient (Wildman–Crippen LogP) is 0.798. The van der Waals surface area contributed by atoms with Gasteiger partial charge in [0.05, 0.1) is 4.70 Å². The first-order chi connectivity index (χ1) is 9.04. The maximum atomic E-state index is 11.7. The number of nitrogens with zero attached hydrogens (tertiary/aromatic N) is 1. The van der Waals surface area contributed by atoms with E-state index in [9.17, 15) is 14.7 Å². The number of pyridine rings is 1. The fourth-order valence-electron chi connectivity index (χ4n) is 1.52. The van der Waals surface area contributed by atoms with E-state index in [1.807, 2.05) is 0 Å². The molecule has 2 rings (SSSR count). The van der Waals surface area contributed by atoms with Gasteiger partial charge in [0.15, 0.2) is 11.4 Å². The number of rotatable bonds is 3. The zero-order chi connectivity index (χ0) is 14.0. The summed E-state index contributed by atoms with van der Waals surface area (Å²) in [4.78, 5) is 26.0. The minimum absolute atomic E-state index is 0.239. The molecule has 0 spiro atoms. The number of aromatic nitrogens is 1. The van der Waals surface area contributed by atoms with Crippen molar-refractivity contribution in [1.82, 2.24) is 10.3 Å². The van der Waals surface area contributed by atoms with E-state index in [-0.39, 0.29) is 17.1 Å². The number of aliphatic carboxylic acids is 1. The molecule has 0 aromatic carbocycles. The molecule has 0 aliphatic carbocycles. The molecule has 19 heavy (non-hydrogen) atoms. The number of carboxylic acids is 1. The van der Waals surface area contributed by atoms with Gasteiger partial charge in [0, 0.05) is 5.39 Å². The summed E-state index contributed by atoms with van der Waals surface area (Å²) in [7, 11) is 0. The SMILES string of the molecule is C#Cc1nc(C(=O)NCC(=O)O)c(O)c2ccsc12. The van der Waals surface area contributed by atoms with Crippen LogP contribution in [0.5, 0.6) is 5.75 Å². The summed E-state index contributed by atoms with van der Waals surface area (Å²) in [6, 6.07) is 1.62. The van der Waals surface area contributed by atoms with Gasteiger partial charge in [0.25, 0.3) is 5.91 Å². The van der Waals surface area contributed by atoms with Gasteiger partial charge >= 0.3 is 5.97 Å². The second-order valence-electron chi connectivity index (χ2n) is 3.54. The molecule has 0 aliphatic rings. The Bertz CT molecular complexity index is 714. The molecule has 0 fully saturated rings. The number of carbonyl (C=O) groups excluding carboxylic acids is 1. The fourth-order valence-corrected chi connectivity index (χ4v) is 2.37. The van der Waals surface area contributed by atoms with Crippen molar-refractivity contribution in [3.05, 3.63) is 22.8 Å². The Morgan fingerprint density at radius 1 is 1.53 bits per heavy atom. The number of carboxylic acid groups (broad SMARTS) is 1. The summed E-state index contributed by atoms with van der Waals surface area (Å²) in [6.07, 6.45) is 5.30. The van der Waals surface area contributed by atoms with Crippen molar-refractivity contribution in [2.24, 2.45) is 0 Å². The van der Waals surface area contributed by atoms with E-state index >= 15 is 0 Å². The highest BCUT2D eigenvalue weighted by atomic mass is 32.1. The number of hydrogen-bond donors (Lipinski definition) is 3. The predicted molar refractivity (Wildman–Crippen MR) is 69.2 cm³/mol. The van der Waals surface area contributed by atoms with Gasteiger partial charge in [-0.25, -0.2) is 4.98 Å². The molecule has 0 aliphatic heterocycles. The Balaban J connectivity index is 2.49. The quantitative estimate of drug-likeness (QED) is 0.720. The number of fused-ring (bicyclic) bond motifs is 1. The van der Waals surface area contributed by atoms with Crippen LogP contribution in [0, 0.1) is 12.3 Å². The van der Waals surface area contributed by atoms with Gasteiger partial charge in [0.2, 0.25) is 0 Å². The largest absolute Gasteiger partial charge is 0.505 e. The van der Waals surface area contributed by atoms with Crippen LogP contribution in [-0.4, -0.2) is 33.6 Å². The highest BCUT2D eigenvalue weighted by Gasteiger charge is 2.19. The van der Waals surface area contributed by atoms with Crippen molar-refractivity contribution in [3.63, 3.8) is 0 Å². The standard InChI is InChI=1S/C12H8N2O4S/c1-2-7-11-6(3-4-19-11)10(17)9(14-7)12(18)13-5-8(15)16/h1,3-4,17H,5H2,(H,13,18)(H,15,16). The first kappa shape index (κ1) is 12.9. The molecule has 2 heterocycles. The van der Waals surface area contributed by atoms with E-state index in [0.29, 0.717) is 10.1 Å². The third kappa shape index (κ3) is 2.34. The number of nitrogens with one attached hydrogen (secondary N) is 1. The van der Waals surface area contributed by atoms with Gasteiger partial charge < -0.3 is 15.5 Å². The molecule has 2 aromatic heterocycles. The van der Waals surface area contributed by atoms with Crippen LogP contribution in [0.2, 0.25) is 0 Å². The molecular weight excluding hydrogens is 268 g/mol. The van der Waals surface area contributed by atoms with Crippen LogP contribution in [-0.2, 0) is 4.79 Å². The Kier molecular flexibility index (Phi) is 3.35. The molecule has 96 valence electrons. The Morgan fingerprint density at radius 3 is 2.89 bits per heavy atom. The van der Waals surface area contributed by atoms with Crippen molar-refractivity contribution in [2.75, 3.05) is 6.54 Å². The third-order valence-corrected chi connectivity index (χ3v) is 3.26. The highest BCUT2D eigenvalue weighted by Crippen LogP contribution is 2.32. The number of terminal acetylenes is 1. The van der Waals surface area contributed by atoms with Crippen LogP contribution in [0.4, 0.5) is 0 Å². The van der Waals surface area contributed by atoms with Gasteiger partial charge in [-0.2, -0.15) is 0 Å². The molecule has 0 saturated heterocycles. The van der Waals surface area contributed by atoms with Gasteiger partial charge in [-0.1, -0.05) is 0 Å². The number of carbonyl (C=O) groups is 2. The monoisotopic (exact) mass is 276 g/mol. The van der Waals surface area contributed by atoms with E-state index in [1.165, 1.54) is 11.3 Å². The number of aromatic hydroxyl groups is 1. The van der Waals surface area contributed by atoms with Gasteiger partial charge in [-0.05, 0) is 17.4 Å². The van der Waals surface area contributed by atoms with Crippen molar-refractivity contribution >= 4 is 33.3 Å². The molecule has 3 N–H and O–H groups in total. The summed E-state index contributed by atoms with van der Waals surface area (Å²) in [6.45, 7) is -0.562. The van der Waals surface area contributed by atoms with Crippen molar-refractivity contribution in [3.8, 4) is 18.1 Å². The summed E-state index contributed by atoms with van der Waals surface area (Å²) >= 11 is 1.30. The van der Waals surface area contributed by atoms with Crippen LogP contribution >= 0.6 is 11.3 Å². The summed E-state index contributed by atoms with van der Waals surface area (Å²) < 4.78 is 0.606. The number of amides is 1. The first-order valence-electron chi connectivity index (χ1n) is 5.11. The van der Waals surface area contributed by atoms with Crippen molar-refractivity contribution in [2.45, 2.75) is 0 Å². The smallest absolute Gasteiger partial charge is 0.322 e. The van der Waals surface area contributed by atoms with Crippen molar-refractivity contribution in [1.29, 1.82) is 0 Å². The zero-order valence-corrected chi connectivity index (χ0v) is 10.3. The maximum absolute atomic E-state index is 11.7. The van der Waals surface area contributed by atoms with E-state index in [2.05, 4.69) is 16.2 Å². The second-order valence-corrected chi connectivity index (χ2v) is 4.46. The van der Waals surface area contributed by atoms with Crippen LogP contribution in [0.3, 0.4) is 0 Å². The lowest BCUT2D eigenvalue weighted by Crippen LogP contribution is -2.30. The van der Waals surface area contributed by atoms with Gasteiger partial charge in [-0.3, -0.25) is 9.59 Å². The van der Waals surface area contributed by atoms with E-state index in [1.54, 1.807) is 11.4 Å². The average molecular weight is 276 g/mol. The van der Waals surface area contributed by atoms with E-state index in [0.717, 1.165) is 0 Å². The molecule has 0 saturated carbocycles. The molecular formula is C12H8N2O4S. The lowest BCUT2D eigenvalue weighted by molar-refractivity contribution is -0.135. The molecule has 0 radical (unpaired) electrons. The number of hydrogen-bond acceptors (Lipinski definition) is 5. The zero-order valence-electron chi connectivity index (χ0n) is 9.51. The fraction of sp³-hybridized carbons (Fsp3) is 0.0833. The Labute approximate surface area is 111 Å². The van der Waals surface area contributed by atoms with Crippen LogP contribution < -0.4 is 5.32 Å². The minimum atomic E-state index is -1.19. The molecule has 2 aromatic rings. The second kappa shape index (κ2) is 4.96. The van der Waals surface area contributed by atoms with E-state index < -0.39 is 18.4 Å². The van der Waals surface area contributed by atoms with Gasteiger partial charge in [-0.15, -0.1) is 17.8 Å². The topological polar surface area (TPSA) is 99.5 Å².